The molecule has 1 aromatic rings. The fourth-order valence-electron chi connectivity index (χ4n) is 5.17. The fourth-order valence-corrected chi connectivity index (χ4v) is 5.17. The molecule has 2 aliphatic heterocycles. The second-order valence-corrected chi connectivity index (χ2v) is 8.43. The summed E-state index contributed by atoms with van der Waals surface area (Å²) in [4.78, 5) is 19.9. The van der Waals surface area contributed by atoms with Gasteiger partial charge in [-0.15, -0.1) is 0 Å². The molecule has 1 aromatic carbocycles. The van der Waals surface area contributed by atoms with Gasteiger partial charge >= 0.3 is 0 Å². The number of amides is 1. The van der Waals surface area contributed by atoms with Crippen molar-refractivity contribution in [3.05, 3.63) is 29.3 Å². The van der Waals surface area contributed by atoms with E-state index < -0.39 is 0 Å². The maximum atomic E-state index is 12.7. The van der Waals surface area contributed by atoms with Crippen molar-refractivity contribution in [1.82, 2.24) is 9.80 Å². The van der Waals surface area contributed by atoms with E-state index in [0.717, 1.165) is 26.2 Å². The number of benzene rings is 1. The largest absolute Gasteiger partial charge is 0.371 e. The highest BCUT2D eigenvalue weighted by molar-refractivity contribution is 5.79. The van der Waals surface area contributed by atoms with Crippen molar-refractivity contribution >= 4 is 11.6 Å². The first-order valence-electron chi connectivity index (χ1n) is 10.5. The molecule has 1 saturated carbocycles. The Balaban J connectivity index is 1.32. The molecule has 1 aliphatic carbocycles. The third kappa shape index (κ3) is 3.48. The summed E-state index contributed by atoms with van der Waals surface area (Å²) in [5, 5.41) is 0. The zero-order valence-corrected chi connectivity index (χ0v) is 16.4. The normalized spacial score (nSPS) is 23.8. The summed E-state index contributed by atoms with van der Waals surface area (Å²) < 4.78 is 0. The van der Waals surface area contributed by atoms with E-state index in [9.17, 15) is 4.79 Å². The van der Waals surface area contributed by atoms with Gasteiger partial charge in [-0.25, -0.2) is 0 Å². The van der Waals surface area contributed by atoms with Gasteiger partial charge in [-0.05, 0) is 56.7 Å². The Bertz CT molecular complexity index is 645. The molecule has 2 heterocycles. The minimum Gasteiger partial charge on any atom is -0.371 e. The molecule has 0 unspecified atom stereocenters. The van der Waals surface area contributed by atoms with Gasteiger partial charge in [0.2, 0.25) is 5.91 Å². The van der Waals surface area contributed by atoms with E-state index in [1.165, 1.54) is 55.3 Å². The van der Waals surface area contributed by atoms with Gasteiger partial charge in [-0.2, -0.15) is 0 Å². The number of hydrogen-bond acceptors (Lipinski definition) is 3. The van der Waals surface area contributed by atoms with Gasteiger partial charge in [0.15, 0.2) is 0 Å². The first-order chi connectivity index (χ1) is 12.6. The van der Waals surface area contributed by atoms with Gasteiger partial charge in [0.05, 0.1) is 6.54 Å². The highest BCUT2D eigenvalue weighted by Crippen LogP contribution is 2.29. The Morgan fingerprint density at radius 1 is 0.885 bits per heavy atom. The summed E-state index contributed by atoms with van der Waals surface area (Å²) in [6, 6.07) is 7.74. The molecule has 0 spiro atoms. The van der Waals surface area contributed by atoms with Crippen molar-refractivity contribution in [1.29, 1.82) is 0 Å². The van der Waals surface area contributed by atoms with Gasteiger partial charge in [0.1, 0.15) is 0 Å². The van der Waals surface area contributed by atoms with Crippen LogP contribution >= 0.6 is 0 Å². The number of piperidine rings is 1. The van der Waals surface area contributed by atoms with Gasteiger partial charge in [-0.1, -0.05) is 25.0 Å². The number of hydrogen-bond donors (Lipinski definition) is 0. The lowest BCUT2D eigenvalue weighted by Crippen LogP contribution is -2.57. The van der Waals surface area contributed by atoms with Gasteiger partial charge < -0.3 is 9.80 Å². The Morgan fingerprint density at radius 3 is 2.31 bits per heavy atom. The number of rotatable bonds is 3. The highest BCUT2D eigenvalue weighted by Gasteiger charge is 2.34. The minimum atomic E-state index is 0.375. The first kappa shape index (κ1) is 17.8. The van der Waals surface area contributed by atoms with E-state index in [1.54, 1.807) is 0 Å². The van der Waals surface area contributed by atoms with Crippen molar-refractivity contribution in [2.45, 2.75) is 64.5 Å². The maximum Gasteiger partial charge on any atom is 0.237 e. The van der Waals surface area contributed by atoms with E-state index in [2.05, 4.69) is 46.7 Å². The molecule has 4 heteroatoms. The van der Waals surface area contributed by atoms with E-state index in [-0.39, 0.29) is 0 Å². The Morgan fingerprint density at radius 2 is 1.62 bits per heavy atom. The lowest BCUT2D eigenvalue weighted by atomic mass is 9.99. The molecule has 0 atom stereocenters. The maximum absolute atomic E-state index is 12.7. The SMILES string of the molecule is Cc1cccc(N2CCC(N3CCN(C4CCCC4)C(=O)C3)CC2)c1C. The molecule has 4 rings (SSSR count). The second-order valence-electron chi connectivity index (χ2n) is 8.43. The van der Waals surface area contributed by atoms with E-state index in [1.807, 2.05) is 0 Å². The monoisotopic (exact) mass is 355 g/mol. The predicted octanol–water partition coefficient (Wildman–Crippen LogP) is 3.36. The van der Waals surface area contributed by atoms with E-state index >= 15 is 0 Å². The van der Waals surface area contributed by atoms with Gasteiger partial charge in [0, 0.05) is 44.0 Å². The molecular formula is C22H33N3O. The van der Waals surface area contributed by atoms with Crippen LogP contribution in [-0.2, 0) is 4.79 Å². The number of nitrogens with zero attached hydrogens (tertiary/aromatic N) is 3. The third-order valence-corrected chi connectivity index (χ3v) is 6.95. The van der Waals surface area contributed by atoms with Crippen molar-refractivity contribution in [2.24, 2.45) is 0 Å². The summed E-state index contributed by atoms with van der Waals surface area (Å²) in [6.45, 7) is 9.29. The quantitative estimate of drug-likeness (QED) is 0.832. The van der Waals surface area contributed by atoms with E-state index in [4.69, 9.17) is 0 Å². The standard InChI is InChI=1S/C22H33N3O/c1-17-6-5-9-21(18(17)2)23-12-10-19(11-13-23)24-14-15-25(22(26)16-24)20-7-3-4-8-20/h5-6,9,19-20H,3-4,7-8,10-16H2,1-2H3. The van der Waals surface area contributed by atoms with Crippen LogP contribution in [0.2, 0.25) is 0 Å². The topological polar surface area (TPSA) is 26.8 Å². The molecule has 26 heavy (non-hydrogen) atoms. The lowest BCUT2D eigenvalue weighted by Gasteiger charge is -2.44. The summed E-state index contributed by atoms with van der Waals surface area (Å²) in [5.74, 6) is 0.375. The second kappa shape index (κ2) is 7.59. The Labute approximate surface area is 158 Å². The van der Waals surface area contributed by atoms with Crippen LogP contribution < -0.4 is 4.90 Å². The molecular weight excluding hydrogens is 322 g/mol. The smallest absolute Gasteiger partial charge is 0.237 e. The van der Waals surface area contributed by atoms with Crippen LogP contribution in [-0.4, -0.2) is 60.5 Å². The van der Waals surface area contributed by atoms with Crippen molar-refractivity contribution < 1.29 is 4.79 Å². The van der Waals surface area contributed by atoms with Crippen LogP contribution in [0.1, 0.15) is 49.7 Å². The van der Waals surface area contributed by atoms with Gasteiger partial charge in [-0.3, -0.25) is 9.69 Å². The molecule has 0 bridgehead atoms. The Hall–Kier alpha value is -1.55. The zero-order chi connectivity index (χ0) is 18.1. The molecule has 2 saturated heterocycles. The van der Waals surface area contributed by atoms with Crippen molar-refractivity contribution in [2.75, 3.05) is 37.6 Å². The summed E-state index contributed by atoms with van der Waals surface area (Å²) >= 11 is 0. The van der Waals surface area contributed by atoms with Crippen LogP contribution in [0.3, 0.4) is 0 Å². The van der Waals surface area contributed by atoms with Crippen LogP contribution in [0.15, 0.2) is 18.2 Å². The first-order valence-corrected chi connectivity index (χ1v) is 10.5. The number of carbonyl (C=O) groups excluding carboxylic acids is 1. The summed E-state index contributed by atoms with van der Waals surface area (Å²) in [5.41, 5.74) is 4.18. The lowest BCUT2D eigenvalue weighted by molar-refractivity contribution is -0.139. The molecule has 4 nitrogen and oxygen atoms in total. The molecule has 3 fully saturated rings. The Kier molecular flexibility index (Phi) is 5.21. The number of aryl methyl sites for hydroxylation is 1. The predicted molar refractivity (Wildman–Crippen MR) is 107 cm³/mol. The average molecular weight is 356 g/mol. The molecule has 142 valence electrons. The number of carbonyl (C=O) groups is 1. The molecule has 0 aromatic heterocycles. The van der Waals surface area contributed by atoms with Crippen LogP contribution in [0.5, 0.6) is 0 Å². The minimum absolute atomic E-state index is 0.375. The fraction of sp³-hybridized carbons (Fsp3) is 0.682. The number of piperazine rings is 1. The van der Waals surface area contributed by atoms with Crippen LogP contribution in [0, 0.1) is 13.8 Å². The molecule has 0 radical (unpaired) electrons. The average Bonchev–Trinajstić information content (AvgIpc) is 3.18. The van der Waals surface area contributed by atoms with E-state index in [0.29, 0.717) is 24.5 Å². The van der Waals surface area contributed by atoms with Crippen LogP contribution in [0.25, 0.3) is 0 Å². The van der Waals surface area contributed by atoms with Gasteiger partial charge in [0.25, 0.3) is 0 Å². The zero-order valence-electron chi connectivity index (χ0n) is 16.4. The summed E-state index contributed by atoms with van der Waals surface area (Å²) in [6.07, 6.45) is 7.39. The van der Waals surface area contributed by atoms with Crippen molar-refractivity contribution in [3.63, 3.8) is 0 Å². The highest BCUT2D eigenvalue weighted by atomic mass is 16.2. The number of anilines is 1. The molecule has 1 amide bonds. The summed E-state index contributed by atoms with van der Waals surface area (Å²) in [7, 11) is 0. The van der Waals surface area contributed by atoms with Crippen LogP contribution in [0.4, 0.5) is 5.69 Å². The van der Waals surface area contributed by atoms with Crippen molar-refractivity contribution in [3.8, 4) is 0 Å². The molecule has 3 aliphatic rings. The third-order valence-electron chi connectivity index (χ3n) is 6.95. The molecule has 0 N–H and O–H groups in total.